The van der Waals surface area contributed by atoms with Gasteiger partial charge in [0.25, 0.3) is 0 Å². The zero-order valence-corrected chi connectivity index (χ0v) is 13.4. The maximum Gasteiger partial charge on any atom is 0.137 e. The fourth-order valence-electron chi connectivity index (χ4n) is 1.63. The number of methoxy groups -OCH3 is 1. The summed E-state index contributed by atoms with van der Waals surface area (Å²) >= 11 is 6.61. The van der Waals surface area contributed by atoms with E-state index >= 15 is 0 Å². The summed E-state index contributed by atoms with van der Waals surface area (Å²) in [6, 6.07) is 10.7. The predicted octanol–water partition coefficient (Wildman–Crippen LogP) is 4.97. The third kappa shape index (κ3) is 3.70. The molecule has 0 aromatic heterocycles. The molecule has 0 spiro atoms. The average Bonchev–Trinajstić information content (AvgIpc) is 2.40. The first-order chi connectivity index (χ1) is 9.10. The van der Waals surface area contributed by atoms with Crippen LogP contribution in [0.5, 0.6) is 5.75 Å². The van der Waals surface area contributed by atoms with E-state index in [9.17, 15) is 4.39 Å². The van der Waals surface area contributed by atoms with Gasteiger partial charge in [-0.25, -0.2) is 4.39 Å². The van der Waals surface area contributed by atoms with Crippen molar-refractivity contribution >= 4 is 37.5 Å². The number of rotatable bonds is 4. The molecule has 2 aromatic rings. The maximum absolute atomic E-state index is 13.1. The van der Waals surface area contributed by atoms with Crippen molar-refractivity contribution in [3.8, 4) is 5.75 Å². The Hall–Kier alpha value is -1.07. The number of ether oxygens (including phenoxy) is 1. The number of benzene rings is 2. The van der Waals surface area contributed by atoms with E-state index in [1.807, 2.05) is 18.2 Å². The van der Waals surface area contributed by atoms with Crippen LogP contribution in [-0.2, 0) is 6.54 Å². The Morgan fingerprint density at radius 1 is 1.11 bits per heavy atom. The molecule has 0 heterocycles. The van der Waals surface area contributed by atoms with E-state index in [0.29, 0.717) is 11.0 Å². The molecular weight excluding hydrogens is 377 g/mol. The number of hydrogen-bond acceptors (Lipinski definition) is 2. The molecule has 0 fully saturated rings. The largest absolute Gasteiger partial charge is 0.496 e. The van der Waals surface area contributed by atoms with Crippen LogP contribution in [0.25, 0.3) is 0 Å². The molecule has 0 saturated heterocycles. The Balaban J connectivity index is 2.05. The Morgan fingerprint density at radius 2 is 1.89 bits per heavy atom. The summed E-state index contributed by atoms with van der Waals surface area (Å²) in [5.74, 6) is 0.533. The highest BCUT2D eigenvalue weighted by Gasteiger charge is 2.03. The molecule has 0 aliphatic rings. The van der Waals surface area contributed by atoms with Crippen molar-refractivity contribution in [3.63, 3.8) is 0 Å². The lowest BCUT2D eigenvalue weighted by atomic mass is 10.2. The van der Waals surface area contributed by atoms with Gasteiger partial charge in [0.15, 0.2) is 0 Å². The van der Waals surface area contributed by atoms with E-state index in [-0.39, 0.29) is 5.82 Å². The van der Waals surface area contributed by atoms with Crippen molar-refractivity contribution in [1.29, 1.82) is 0 Å². The monoisotopic (exact) mass is 387 g/mol. The van der Waals surface area contributed by atoms with Crippen LogP contribution in [0, 0.1) is 5.82 Å². The molecule has 0 radical (unpaired) electrons. The lowest BCUT2D eigenvalue weighted by Crippen LogP contribution is -2.00. The molecule has 19 heavy (non-hydrogen) atoms. The lowest BCUT2D eigenvalue weighted by molar-refractivity contribution is 0.412. The zero-order chi connectivity index (χ0) is 13.8. The van der Waals surface area contributed by atoms with E-state index in [0.717, 1.165) is 21.5 Å². The van der Waals surface area contributed by atoms with Crippen LogP contribution >= 0.6 is 31.9 Å². The average molecular weight is 389 g/mol. The van der Waals surface area contributed by atoms with Crippen LogP contribution in [0.1, 0.15) is 5.56 Å². The molecule has 2 nitrogen and oxygen atoms in total. The molecule has 0 unspecified atom stereocenters. The molecule has 2 aromatic carbocycles. The second-order valence-corrected chi connectivity index (χ2v) is 5.66. The van der Waals surface area contributed by atoms with Crippen LogP contribution in [0.2, 0.25) is 0 Å². The van der Waals surface area contributed by atoms with Crippen LogP contribution < -0.4 is 10.1 Å². The number of halogens is 3. The van der Waals surface area contributed by atoms with Crippen LogP contribution in [0.3, 0.4) is 0 Å². The molecule has 0 amide bonds. The lowest BCUT2D eigenvalue weighted by Gasteiger charge is -2.09. The molecule has 0 saturated carbocycles. The van der Waals surface area contributed by atoms with Gasteiger partial charge in [-0.1, -0.05) is 6.07 Å². The van der Waals surface area contributed by atoms with Crippen molar-refractivity contribution in [2.24, 2.45) is 0 Å². The smallest absolute Gasteiger partial charge is 0.137 e. The molecule has 0 bridgehead atoms. The van der Waals surface area contributed by atoms with E-state index in [1.165, 1.54) is 6.07 Å². The van der Waals surface area contributed by atoms with Gasteiger partial charge in [0.1, 0.15) is 11.6 Å². The van der Waals surface area contributed by atoms with Crippen molar-refractivity contribution < 1.29 is 9.13 Å². The fourth-order valence-corrected chi connectivity index (χ4v) is 2.60. The van der Waals surface area contributed by atoms with E-state index < -0.39 is 0 Å². The van der Waals surface area contributed by atoms with Crippen molar-refractivity contribution in [2.75, 3.05) is 12.4 Å². The Labute approximate surface area is 128 Å². The normalized spacial score (nSPS) is 10.3. The summed E-state index contributed by atoms with van der Waals surface area (Å²) in [4.78, 5) is 0. The van der Waals surface area contributed by atoms with Gasteiger partial charge >= 0.3 is 0 Å². The number of hydrogen-bond donors (Lipinski definition) is 1. The van der Waals surface area contributed by atoms with Gasteiger partial charge in [-0.2, -0.15) is 0 Å². The van der Waals surface area contributed by atoms with Gasteiger partial charge in [-0.15, -0.1) is 0 Å². The zero-order valence-electron chi connectivity index (χ0n) is 10.2. The molecule has 0 atom stereocenters. The van der Waals surface area contributed by atoms with E-state index in [1.54, 1.807) is 19.2 Å². The van der Waals surface area contributed by atoms with Gasteiger partial charge in [-0.05, 0) is 67.8 Å². The standard InChI is InChI=1S/C14H12Br2FNO/c1-19-14-5-3-10(7-12(14)16)18-8-9-2-4-13(17)11(15)6-9/h2-7,18H,8H2,1H3. The maximum atomic E-state index is 13.1. The van der Waals surface area contributed by atoms with Crippen molar-refractivity contribution in [2.45, 2.75) is 6.54 Å². The summed E-state index contributed by atoms with van der Waals surface area (Å²) in [6.45, 7) is 0.623. The van der Waals surface area contributed by atoms with Gasteiger partial charge in [0.2, 0.25) is 0 Å². The number of nitrogens with one attached hydrogen (secondary N) is 1. The third-order valence-corrected chi connectivity index (χ3v) is 3.86. The number of anilines is 1. The van der Waals surface area contributed by atoms with Gasteiger partial charge < -0.3 is 10.1 Å². The highest BCUT2D eigenvalue weighted by Crippen LogP contribution is 2.28. The summed E-state index contributed by atoms with van der Waals surface area (Å²) in [7, 11) is 1.63. The Kier molecular flexibility index (Phi) is 4.82. The fraction of sp³-hybridized carbons (Fsp3) is 0.143. The molecule has 0 aliphatic heterocycles. The molecule has 100 valence electrons. The second-order valence-electron chi connectivity index (χ2n) is 3.95. The second kappa shape index (κ2) is 6.39. The highest BCUT2D eigenvalue weighted by atomic mass is 79.9. The predicted molar refractivity (Wildman–Crippen MR) is 82.1 cm³/mol. The molecule has 0 aliphatic carbocycles. The van der Waals surface area contributed by atoms with Crippen molar-refractivity contribution in [3.05, 3.63) is 56.7 Å². The minimum atomic E-state index is -0.254. The summed E-state index contributed by atoms with van der Waals surface area (Å²) in [6.07, 6.45) is 0. The quantitative estimate of drug-likeness (QED) is 0.798. The van der Waals surface area contributed by atoms with Crippen LogP contribution in [0.4, 0.5) is 10.1 Å². The molecular formula is C14H12Br2FNO. The third-order valence-electron chi connectivity index (χ3n) is 2.63. The highest BCUT2D eigenvalue weighted by molar-refractivity contribution is 9.10. The van der Waals surface area contributed by atoms with Crippen molar-refractivity contribution in [1.82, 2.24) is 0 Å². The van der Waals surface area contributed by atoms with E-state index in [2.05, 4.69) is 37.2 Å². The Morgan fingerprint density at radius 3 is 2.53 bits per heavy atom. The van der Waals surface area contributed by atoms with Gasteiger partial charge in [-0.3, -0.25) is 0 Å². The first-order valence-electron chi connectivity index (χ1n) is 5.61. The summed E-state index contributed by atoms with van der Waals surface area (Å²) in [5.41, 5.74) is 1.97. The summed E-state index contributed by atoms with van der Waals surface area (Å²) < 4.78 is 19.6. The SMILES string of the molecule is COc1ccc(NCc2ccc(F)c(Br)c2)cc1Br. The summed E-state index contributed by atoms with van der Waals surface area (Å²) in [5, 5.41) is 3.27. The molecule has 5 heteroatoms. The van der Waals surface area contributed by atoms with Gasteiger partial charge in [0, 0.05) is 12.2 Å². The minimum Gasteiger partial charge on any atom is -0.496 e. The minimum absolute atomic E-state index is 0.254. The first kappa shape index (κ1) is 14.3. The first-order valence-corrected chi connectivity index (χ1v) is 7.20. The topological polar surface area (TPSA) is 21.3 Å². The van der Waals surface area contributed by atoms with Gasteiger partial charge in [0.05, 0.1) is 16.1 Å². The molecule has 1 N–H and O–H groups in total. The molecule has 2 rings (SSSR count). The van der Waals surface area contributed by atoms with Crippen LogP contribution in [-0.4, -0.2) is 7.11 Å². The Bertz CT molecular complexity index is 590. The van der Waals surface area contributed by atoms with Crippen LogP contribution in [0.15, 0.2) is 45.3 Å². The van der Waals surface area contributed by atoms with E-state index in [4.69, 9.17) is 4.74 Å².